The van der Waals surface area contributed by atoms with Crippen molar-refractivity contribution in [1.82, 2.24) is 0 Å². The Morgan fingerprint density at radius 2 is 1.50 bits per heavy atom. The van der Waals surface area contributed by atoms with Crippen molar-refractivity contribution in [3.63, 3.8) is 0 Å². The van der Waals surface area contributed by atoms with Gasteiger partial charge in [0.1, 0.15) is 0 Å². The predicted molar refractivity (Wildman–Crippen MR) is 52.1 cm³/mol. The topological polar surface area (TPSA) is 43.4 Å². The molecule has 115 valence electrons. The minimum absolute atomic E-state index is 0.165. The average Bonchev–Trinajstić information content (AvgIpc) is 2.25. The third-order valence-corrected chi connectivity index (χ3v) is 8.97. The smallest absolute Gasteiger partial charge is 0.186 e. The quantitative estimate of drug-likeness (QED) is 0.285. The molecule has 1 aromatic rings. The molecule has 0 aromatic heterocycles. The van der Waals surface area contributed by atoms with E-state index >= 15 is 0 Å². The molecule has 0 aliphatic rings. The van der Waals surface area contributed by atoms with Crippen LogP contribution in [0.3, 0.4) is 0 Å². The van der Waals surface area contributed by atoms with Crippen LogP contribution >= 0.6 is 0 Å². The second kappa shape index (κ2) is 6.05. The Morgan fingerprint density at radius 1 is 1.00 bits per heavy atom. The van der Waals surface area contributed by atoms with Gasteiger partial charge in [0, 0.05) is 0 Å². The van der Waals surface area contributed by atoms with E-state index < -0.39 is 46.5 Å². The lowest BCUT2D eigenvalue weighted by Crippen LogP contribution is -3.87. The van der Waals surface area contributed by atoms with Crippen LogP contribution in [-0.4, -0.2) is 24.5 Å². The standard InChI is InChI=1S/C9H7F6IO3S/c10-8(11,12)6-16(7-4-2-1-3-5-7)19-20(17,18)9(13,14)15/h1-5H,6H2/q+1. The first-order chi connectivity index (χ1) is 8.92. The fourth-order valence-electron chi connectivity index (χ4n) is 0.964. The van der Waals surface area contributed by atoms with Crippen molar-refractivity contribution in [2.75, 3.05) is 4.43 Å². The minimum atomic E-state index is -6.05. The summed E-state index contributed by atoms with van der Waals surface area (Å²) in [6.45, 7) is 0. The summed E-state index contributed by atoms with van der Waals surface area (Å²) in [5, 5.41) is 0. The van der Waals surface area contributed by atoms with E-state index in [-0.39, 0.29) is 3.57 Å². The van der Waals surface area contributed by atoms with Gasteiger partial charge in [-0.3, -0.25) is 0 Å². The molecule has 1 rings (SSSR count). The fraction of sp³-hybridized carbons (Fsp3) is 0.333. The normalized spacial score (nSPS) is 13.8. The maximum Gasteiger partial charge on any atom is 0.526 e. The summed E-state index contributed by atoms with van der Waals surface area (Å²) in [6.07, 6.45) is -4.82. The van der Waals surface area contributed by atoms with Crippen LogP contribution in [-0.2, 0) is 12.6 Å². The highest BCUT2D eigenvalue weighted by molar-refractivity contribution is 7.87. The summed E-state index contributed by atoms with van der Waals surface area (Å²) in [4.78, 5) is 0. The molecule has 20 heavy (non-hydrogen) atoms. The van der Waals surface area contributed by atoms with Crippen LogP contribution in [0.15, 0.2) is 30.3 Å². The van der Waals surface area contributed by atoms with Crippen molar-refractivity contribution in [3.05, 3.63) is 33.9 Å². The van der Waals surface area contributed by atoms with Crippen LogP contribution in [0.25, 0.3) is 0 Å². The molecule has 0 aliphatic carbocycles. The van der Waals surface area contributed by atoms with E-state index in [1.165, 1.54) is 18.2 Å². The summed E-state index contributed by atoms with van der Waals surface area (Å²) in [6, 6.07) is 6.24. The van der Waals surface area contributed by atoms with Crippen LogP contribution in [0, 0.1) is 3.57 Å². The van der Waals surface area contributed by atoms with Gasteiger partial charge in [-0.15, -0.1) is 0 Å². The Hall–Kier alpha value is -0.560. The lowest BCUT2D eigenvalue weighted by molar-refractivity contribution is -1.05. The van der Waals surface area contributed by atoms with E-state index in [0.29, 0.717) is 0 Å². The van der Waals surface area contributed by atoms with Crippen LogP contribution in [0.1, 0.15) is 0 Å². The Morgan fingerprint density at radius 3 is 1.90 bits per heavy atom. The average molecular weight is 436 g/mol. The van der Waals surface area contributed by atoms with Crippen molar-refractivity contribution < 1.29 is 57.5 Å². The minimum Gasteiger partial charge on any atom is -0.186 e. The van der Waals surface area contributed by atoms with E-state index in [4.69, 9.17) is 0 Å². The lowest BCUT2D eigenvalue weighted by atomic mass is 10.4. The van der Waals surface area contributed by atoms with Crippen molar-refractivity contribution in [2.24, 2.45) is 0 Å². The molecule has 0 saturated carbocycles. The first-order valence-electron chi connectivity index (χ1n) is 4.71. The van der Waals surface area contributed by atoms with Crippen molar-refractivity contribution >= 4 is 10.1 Å². The van der Waals surface area contributed by atoms with Gasteiger partial charge in [-0.25, -0.2) is 0 Å². The third-order valence-electron chi connectivity index (χ3n) is 1.69. The second-order valence-electron chi connectivity index (χ2n) is 3.33. The zero-order valence-electron chi connectivity index (χ0n) is 9.37. The molecular weight excluding hydrogens is 429 g/mol. The molecule has 0 heterocycles. The van der Waals surface area contributed by atoms with Gasteiger partial charge in [0.2, 0.25) is 4.43 Å². The molecule has 0 bridgehead atoms. The van der Waals surface area contributed by atoms with E-state index in [9.17, 15) is 34.8 Å². The summed E-state index contributed by atoms with van der Waals surface area (Å²) >= 11 is -4.08. The summed E-state index contributed by atoms with van der Waals surface area (Å²) in [7, 11) is -6.05. The van der Waals surface area contributed by atoms with Gasteiger partial charge < -0.3 is 0 Å². The molecule has 0 saturated heterocycles. The first-order valence-corrected chi connectivity index (χ1v) is 9.61. The molecule has 3 nitrogen and oxygen atoms in total. The Bertz CT molecular complexity index is 539. The summed E-state index contributed by atoms with van der Waals surface area (Å²) in [5.74, 6) is 0. The van der Waals surface area contributed by atoms with Gasteiger partial charge in [-0.05, 0) is 14.6 Å². The van der Waals surface area contributed by atoms with E-state index in [2.05, 4.69) is 2.51 Å². The molecule has 1 aromatic carbocycles. The third kappa shape index (κ3) is 5.09. The van der Waals surface area contributed by atoms with Crippen LogP contribution < -0.4 is 20.2 Å². The molecule has 0 unspecified atom stereocenters. The molecule has 0 spiro atoms. The number of hydrogen-bond donors (Lipinski definition) is 0. The zero-order chi connectivity index (χ0) is 15.6. The number of rotatable bonds is 4. The summed E-state index contributed by atoms with van der Waals surface area (Å²) in [5.41, 5.74) is -5.75. The fourth-order valence-corrected chi connectivity index (χ4v) is 7.13. The monoisotopic (exact) mass is 436 g/mol. The highest BCUT2D eigenvalue weighted by Crippen LogP contribution is 2.22. The Balaban J connectivity index is 3.08. The van der Waals surface area contributed by atoms with Gasteiger partial charge in [-0.1, -0.05) is 18.2 Å². The van der Waals surface area contributed by atoms with E-state index in [1.807, 2.05) is 0 Å². The molecule has 1 radical (unpaired) electrons. The highest BCUT2D eigenvalue weighted by Gasteiger charge is 2.55. The highest BCUT2D eigenvalue weighted by atomic mass is 127. The Labute approximate surface area is 118 Å². The molecule has 0 amide bonds. The maximum atomic E-state index is 12.3. The molecule has 0 N–H and O–H groups in total. The van der Waals surface area contributed by atoms with Gasteiger partial charge >= 0.3 is 21.8 Å². The maximum absolute atomic E-state index is 12.3. The largest absolute Gasteiger partial charge is 0.526 e. The Kier molecular flexibility index (Phi) is 5.29. The van der Waals surface area contributed by atoms with Crippen molar-refractivity contribution in [2.45, 2.75) is 11.7 Å². The van der Waals surface area contributed by atoms with E-state index in [1.54, 1.807) is 0 Å². The zero-order valence-corrected chi connectivity index (χ0v) is 12.3. The van der Waals surface area contributed by atoms with Gasteiger partial charge in [0.15, 0.2) is 3.57 Å². The van der Waals surface area contributed by atoms with Crippen molar-refractivity contribution in [3.8, 4) is 0 Å². The van der Waals surface area contributed by atoms with Crippen molar-refractivity contribution in [1.29, 1.82) is 0 Å². The number of hydrogen-bond acceptors (Lipinski definition) is 3. The molecule has 0 fully saturated rings. The number of benzene rings is 1. The molecule has 0 aliphatic heterocycles. The first kappa shape index (κ1) is 17.5. The summed E-state index contributed by atoms with van der Waals surface area (Å²) < 4.78 is 97.2. The second-order valence-corrected chi connectivity index (χ2v) is 9.74. The van der Waals surface area contributed by atoms with Crippen LogP contribution in [0.5, 0.6) is 0 Å². The SMILES string of the molecule is O=S(=O)(O[I+](CC(F)(F)F)c1ccccc1)C(F)(F)F. The van der Waals surface area contributed by atoms with Gasteiger partial charge in [-0.2, -0.15) is 34.8 Å². The number of alkyl halides is 7. The van der Waals surface area contributed by atoms with E-state index in [0.717, 1.165) is 12.1 Å². The lowest BCUT2D eigenvalue weighted by Gasteiger charge is -2.09. The molecular formula is C9H7F6IO3S+. The molecule has 0 atom stereocenters. The van der Waals surface area contributed by atoms with Crippen LogP contribution in [0.4, 0.5) is 26.3 Å². The number of halogens is 7. The van der Waals surface area contributed by atoms with Gasteiger partial charge in [0.25, 0.3) is 20.2 Å². The predicted octanol–water partition coefficient (Wildman–Crippen LogP) is -0.176. The molecule has 11 heteroatoms. The van der Waals surface area contributed by atoms with Crippen LogP contribution in [0.2, 0.25) is 0 Å². The van der Waals surface area contributed by atoms with Gasteiger partial charge in [0.05, 0.1) is 0 Å².